The molecule has 1 fully saturated rings. The molecule has 0 aromatic carbocycles. The summed E-state index contributed by atoms with van der Waals surface area (Å²) in [5.41, 5.74) is 2.93. The molecule has 3 rings (SSSR count). The summed E-state index contributed by atoms with van der Waals surface area (Å²) >= 11 is 0. The Kier molecular flexibility index (Phi) is 2.56. The number of rotatable bonds is 0. The minimum absolute atomic E-state index is 0.0322. The van der Waals surface area contributed by atoms with E-state index in [9.17, 15) is 9.59 Å². The molecule has 0 aromatic rings. The highest BCUT2D eigenvalue weighted by atomic mass is 16.5. The summed E-state index contributed by atoms with van der Waals surface area (Å²) in [4.78, 5) is 24.5. The minimum Gasteiger partial charge on any atom is -0.493 e. The van der Waals surface area contributed by atoms with Gasteiger partial charge in [0.05, 0.1) is 12.0 Å². The van der Waals surface area contributed by atoms with Gasteiger partial charge in [-0.2, -0.15) is 0 Å². The second-order valence-electron chi connectivity index (χ2n) is 5.89. The van der Waals surface area contributed by atoms with E-state index >= 15 is 0 Å². The molecule has 1 aliphatic heterocycles. The maximum absolute atomic E-state index is 12.7. The molecule has 1 saturated heterocycles. The molecular formula is C16H18O3. The zero-order chi connectivity index (χ0) is 13.8. The summed E-state index contributed by atoms with van der Waals surface area (Å²) in [6.07, 6.45) is 3.76. The van der Waals surface area contributed by atoms with Gasteiger partial charge in [0.1, 0.15) is 5.76 Å². The van der Waals surface area contributed by atoms with E-state index in [2.05, 4.69) is 0 Å². The van der Waals surface area contributed by atoms with E-state index in [0.29, 0.717) is 6.61 Å². The zero-order valence-corrected chi connectivity index (χ0v) is 11.6. The van der Waals surface area contributed by atoms with E-state index in [-0.39, 0.29) is 18.0 Å². The van der Waals surface area contributed by atoms with Crippen LogP contribution in [0, 0.1) is 5.41 Å². The number of carbonyl (C=O) groups is 2. The predicted molar refractivity (Wildman–Crippen MR) is 71.4 cm³/mol. The van der Waals surface area contributed by atoms with Crippen LogP contribution >= 0.6 is 0 Å². The first-order chi connectivity index (χ1) is 8.95. The average Bonchev–Trinajstić information content (AvgIpc) is 2.35. The summed E-state index contributed by atoms with van der Waals surface area (Å²) in [5, 5.41) is 0. The molecule has 1 atom stereocenters. The van der Waals surface area contributed by atoms with Crippen LogP contribution in [0.5, 0.6) is 0 Å². The number of ether oxygens (including phenoxy) is 1. The standard InChI is InChI=1S/C16H18O3/c1-9-7-11(17)8-16(3)13(9)14-12(5-4-6-19-14)10(2)15(16)18/h7H,4-6,8H2,1-3H3. The molecule has 0 amide bonds. The molecule has 0 N–H and O–H groups in total. The first kappa shape index (κ1) is 12.4. The van der Waals surface area contributed by atoms with E-state index in [1.54, 1.807) is 6.08 Å². The van der Waals surface area contributed by atoms with E-state index in [1.165, 1.54) is 0 Å². The number of hydrogen-bond acceptors (Lipinski definition) is 3. The zero-order valence-electron chi connectivity index (χ0n) is 11.6. The Morgan fingerprint density at radius 1 is 1.26 bits per heavy atom. The molecular weight excluding hydrogens is 240 g/mol. The van der Waals surface area contributed by atoms with Crippen molar-refractivity contribution in [3.05, 3.63) is 34.1 Å². The molecule has 0 saturated carbocycles. The van der Waals surface area contributed by atoms with E-state index < -0.39 is 5.41 Å². The largest absolute Gasteiger partial charge is 0.493 e. The first-order valence-electron chi connectivity index (χ1n) is 6.79. The third-order valence-corrected chi connectivity index (χ3v) is 4.46. The van der Waals surface area contributed by atoms with Gasteiger partial charge in [-0.25, -0.2) is 0 Å². The summed E-state index contributed by atoms with van der Waals surface area (Å²) in [5.74, 6) is 0.990. The molecule has 0 spiro atoms. The van der Waals surface area contributed by atoms with Crippen LogP contribution in [0.2, 0.25) is 0 Å². The third kappa shape index (κ3) is 1.57. The van der Waals surface area contributed by atoms with Crippen LogP contribution in [0.15, 0.2) is 34.1 Å². The van der Waals surface area contributed by atoms with Gasteiger partial charge in [0, 0.05) is 17.6 Å². The summed E-state index contributed by atoms with van der Waals surface area (Å²) < 4.78 is 5.86. The second-order valence-corrected chi connectivity index (χ2v) is 5.89. The van der Waals surface area contributed by atoms with Gasteiger partial charge in [0.2, 0.25) is 0 Å². The topological polar surface area (TPSA) is 43.4 Å². The van der Waals surface area contributed by atoms with Crippen molar-refractivity contribution in [1.29, 1.82) is 0 Å². The van der Waals surface area contributed by atoms with Gasteiger partial charge in [0.15, 0.2) is 11.6 Å². The van der Waals surface area contributed by atoms with Crippen LogP contribution in [0.1, 0.15) is 40.0 Å². The van der Waals surface area contributed by atoms with Crippen molar-refractivity contribution >= 4 is 11.6 Å². The van der Waals surface area contributed by atoms with Crippen molar-refractivity contribution < 1.29 is 14.3 Å². The lowest BCUT2D eigenvalue weighted by Gasteiger charge is -2.41. The Bertz CT molecular complexity index is 589. The van der Waals surface area contributed by atoms with Crippen LogP contribution in [-0.4, -0.2) is 18.2 Å². The van der Waals surface area contributed by atoms with Crippen LogP contribution < -0.4 is 0 Å². The summed E-state index contributed by atoms with van der Waals surface area (Å²) in [7, 11) is 0. The van der Waals surface area contributed by atoms with Gasteiger partial charge in [0.25, 0.3) is 0 Å². The highest BCUT2D eigenvalue weighted by molar-refractivity contribution is 6.10. The normalized spacial score (nSPS) is 30.8. The fourth-order valence-electron chi connectivity index (χ4n) is 3.62. The number of ketones is 2. The monoisotopic (exact) mass is 258 g/mol. The smallest absolute Gasteiger partial charge is 0.169 e. The maximum Gasteiger partial charge on any atom is 0.169 e. The lowest BCUT2D eigenvalue weighted by Crippen LogP contribution is -2.41. The first-order valence-corrected chi connectivity index (χ1v) is 6.79. The Balaban J connectivity index is 2.30. The summed E-state index contributed by atoms with van der Waals surface area (Å²) in [6, 6.07) is 0. The molecule has 19 heavy (non-hydrogen) atoms. The van der Waals surface area contributed by atoms with Crippen molar-refractivity contribution in [2.75, 3.05) is 6.61 Å². The molecule has 100 valence electrons. The molecule has 1 unspecified atom stereocenters. The van der Waals surface area contributed by atoms with Crippen molar-refractivity contribution in [2.24, 2.45) is 5.41 Å². The maximum atomic E-state index is 12.7. The van der Waals surface area contributed by atoms with Gasteiger partial charge in [-0.15, -0.1) is 0 Å². The van der Waals surface area contributed by atoms with E-state index in [4.69, 9.17) is 4.74 Å². The van der Waals surface area contributed by atoms with Gasteiger partial charge < -0.3 is 4.74 Å². The lowest BCUT2D eigenvalue weighted by atomic mass is 9.62. The number of Topliss-reactive ketones (excluding diaryl/α,β-unsaturated/α-hetero) is 1. The number of carbonyl (C=O) groups excluding carboxylic acids is 2. The fourth-order valence-corrected chi connectivity index (χ4v) is 3.62. The van der Waals surface area contributed by atoms with Crippen molar-refractivity contribution in [1.82, 2.24) is 0 Å². The van der Waals surface area contributed by atoms with Crippen molar-refractivity contribution in [2.45, 2.75) is 40.0 Å². The Hall–Kier alpha value is -1.64. The van der Waals surface area contributed by atoms with E-state index in [1.807, 2.05) is 20.8 Å². The Morgan fingerprint density at radius 2 is 2.00 bits per heavy atom. The quantitative estimate of drug-likeness (QED) is 0.671. The molecule has 3 aliphatic rings. The van der Waals surface area contributed by atoms with Gasteiger partial charge >= 0.3 is 0 Å². The van der Waals surface area contributed by atoms with Gasteiger partial charge in [-0.3, -0.25) is 9.59 Å². The summed E-state index contributed by atoms with van der Waals surface area (Å²) in [6.45, 7) is 6.35. The van der Waals surface area contributed by atoms with Crippen molar-refractivity contribution in [3.8, 4) is 0 Å². The van der Waals surface area contributed by atoms with E-state index in [0.717, 1.165) is 40.9 Å². The van der Waals surface area contributed by atoms with Crippen LogP contribution in [-0.2, 0) is 14.3 Å². The molecule has 0 bridgehead atoms. The number of hydrogen-bond donors (Lipinski definition) is 0. The molecule has 0 aromatic heterocycles. The Labute approximate surface area is 113 Å². The highest BCUT2D eigenvalue weighted by Gasteiger charge is 2.48. The molecule has 0 radical (unpaired) electrons. The molecule has 2 aliphatic carbocycles. The number of allylic oxidation sites excluding steroid dienone is 5. The Morgan fingerprint density at radius 3 is 2.74 bits per heavy atom. The lowest BCUT2D eigenvalue weighted by molar-refractivity contribution is -0.127. The second kappa shape index (κ2) is 3.92. The van der Waals surface area contributed by atoms with Crippen LogP contribution in [0.4, 0.5) is 0 Å². The van der Waals surface area contributed by atoms with Gasteiger partial charge in [-0.1, -0.05) is 0 Å². The average molecular weight is 258 g/mol. The third-order valence-electron chi connectivity index (χ3n) is 4.46. The minimum atomic E-state index is -0.726. The van der Waals surface area contributed by atoms with Gasteiger partial charge in [-0.05, 0) is 50.8 Å². The number of fused-ring (bicyclic) bond motifs is 2. The molecule has 3 nitrogen and oxygen atoms in total. The van der Waals surface area contributed by atoms with Crippen LogP contribution in [0.25, 0.3) is 0 Å². The fraction of sp³-hybridized carbons (Fsp3) is 0.500. The van der Waals surface area contributed by atoms with Crippen LogP contribution in [0.3, 0.4) is 0 Å². The SMILES string of the molecule is CC1=CC(=O)CC2(C)C(=O)C(C)=C3CCCOC3=C12. The van der Waals surface area contributed by atoms with Crippen molar-refractivity contribution in [3.63, 3.8) is 0 Å². The predicted octanol–water partition coefficient (Wildman–Crippen LogP) is 2.88. The highest BCUT2D eigenvalue weighted by Crippen LogP contribution is 2.50. The molecule has 3 heteroatoms. The molecule has 1 heterocycles.